The quantitative estimate of drug-likeness (QED) is 0.817. The summed E-state index contributed by atoms with van der Waals surface area (Å²) in [6.45, 7) is 8.44. The van der Waals surface area contributed by atoms with E-state index >= 15 is 0 Å². The van der Waals surface area contributed by atoms with Gasteiger partial charge in [-0.05, 0) is 45.6 Å². The summed E-state index contributed by atoms with van der Waals surface area (Å²) in [5.74, 6) is 0.228. The lowest BCUT2D eigenvalue weighted by atomic mass is 9.94. The lowest BCUT2D eigenvalue weighted by molar-refractivity contribution is 0.0734. The molecule has 5 heteroatoms. The molecule has 2 aliphatic rings. The normalized spacial score (nSPS) is 28.4. The maximum absolute atomic E-state index is 12.3. The fourth-order valence-electron chi connectivity index (χ4n) is 3.82. The molecule has 0 radical (unpaired) electrons. The van der Waals surface area contributed by atoms with Crippen LogP contribution in [0, 0.1) is 5.92 Å². The summed E-state index contributed by atoms with van der Waals surface area (Å²) >= 11 is 0. The summed E-state index contributed by atoms with van der Waals surface area (Å²) in [5, 5.41) is 12.8. The maximum atomic E-state index is 12.3. The number of hydrogen-bond donors (Lipinski definition) is 2. The molecule has 0 saturated carbocycles. The van der Waals surface area contributed by atoms with Crippen molar-refractivity contribution in [1.29, 1.82) is 0 Å². The Morgan fingerprint density at radius 1 is 1.27 bits per heavy atom. The Hall–Kier alpha value is -0.810. The average molecular weight is 311 g/mol. The van der Waals surface area contributed by atoms with Gasteiger partial charge in [-0.15, -0.1) is 0 Å². The number of likely N-dealkylation sites (tertiary alicyclic amines) is 2. The van der Waals surface area contributed by atoms with Crippen LogP contribution in [0.3, 0.4) is 0 Å². The number of nitrogens with zero attached hydrogens (tertiary/aromatic N) is 2. The molecule has 3 unspecified atom stereocenters. The van der Waals surface area contributed by atoms with Crippen LogP contribution < -0.4 is 5.32 Å². The van der Waals surface area contributed by atoms with Crippen molar-refractivity contribution in [3.05, 3.63) is 0 Å². The molecule has 0 spiro atoms. The molecule has 2 aliphatic heterocycles. The minimum absolute atomic E-state index is 0.0374. The number of rotatable bonds is 5. The smallest absolute Gasteiger partial charge is 0.317 e. The molecule has 0 bridgehead atoms. The zero-order chi connectivity index (χ0) is 15.9. The molecule has 2 fully saturated rings. The molecule has 0 aromatic rings. The Bertz CT molecular complexity index is 349. The van der Waals surface area contributed by atoms with Crippen molar-refractivity contribution in [3.63, 3.8) is 0 Å². The van der Waals surface area contributed by atoms with Crippen molar-refractivity contribution in [1.82, 2.24) is 15.1 Å². The molecule has 0 aromatic carbocycles. The minimum Gasteiger partial charge on any atom is -0.393 e. The lowest BCUT2D eigenvalue weighted by Crippen LogP contribution is -2.49. The topological polar surface area (TPSA) is 55.8 Å². The van der Waals surface area contributed by atoms with Crippen LogP contribution in [0.2, 0.25) is 0 Å². The van der Waals surface area contributed by atoms with Gasteiger partial charge in [0.2, 0.25) is 0 Å². The first-order valence-electron chi connectivity index (χ1n) is 9.06. The van der Waals surface area contributed by atoms with Gasteiger partial charge in [-0.1, -0.05) is 13.3 Å². The van der Waals surface area contributed by atoms with Gasteiger partial charge in [-0.3, -0.25) is 4.90 Å². The Morgan fingerprint density at radius 2 is 2.09 bits per heavy atom. The fourth-order valence-corrected chi connectivity index (χ4v) is 3.82. The average Bonchev–Trinajstić information content (AvgIpc) is 2.55. The van der Waals surface area contributed by atoms with Crippen LogP contribution in [0.4, 0.5) is 4.79 Å². The van der Waals surface area contributed by atoms with Gasteiger partial charge >= 0.3 is 6.03 Å². The van der Waals surface area contributed by atoms with Crippen molar-refractivity contribution in [3.8, 4) is 0 Å². The first-order valence-corrected chi connectivity index (χ1v) is 9.06. The Kier molecular flexibility index (Phi) is 6.96. The third-order valence-corrected chi connectivity index (χ3v) is 5.32. The molecule has 128 valence electrons. The van der Waals surface area contributed by atoms with Gasteiger partial charge in [-0.2, -0.15) is 0 Å². The van der Waals surface area contributed by atoms with Gasteiger partial charge in [0.05, 0.1) is 6.10 Å². The van der Waals surface area contributed by atoms with E-state index in [1.54, 1.807) is 0 Å². The largest absolute Gasteiger partial charge is 0.393 e. The lowest BCUT2D eigenvalue weighted by Gasteiger charge is -2.36. The highest BCUT2D eigenvalue weighted by Gasteiger charge is 2.26. The number of aliphatic hydroxyl groups excluding tert-OH is 1. The summed E-state index contributed by atoms with van der Waals surface area (Å²) in [5.41, 5.74) is 0. The van der Waals surface area contributed by atoms with E-state index in [-0.39, 0.29) is 18.1 Å². The molecule has 2 N–H and O–H groups in total. The van der Waals surface area contributed by atoms with E-state index in [1.165, 1.54) is 32.2 Å². The monoisotopic (exact) mass is 311 g/mol. The molecule has 0 aliphatic carbocycles. The number of urea groups is 1. The summed E-state index contributed by atoms with van der Waals surface area (Å²) in [6, 6.07) is 0.732. The third-order valence-electron chi connectivity index (χ3n) is 5.32. The number of hydrogen-bond acceptors (Lipinski definition) is 3. The highest BCUT2D eigenvalue weighted by Crippen LogP contribution is 2.20. The van der Waals surface area contributed by atoms with Crippen LogP contribution >= 0.6 is 0 Å². The number of carbonyl (C=O) groups excluding carboxylic acids is 1. The van der Waals surface area contributed by atoms with Crippen LogP contribution in [-0.2, 0) is 0 Å². The molecule has 0 aromatic heterocycles. The van der Waals surface area contributed by atoms with E-state index in [1.807, 2.05) is 11.8 Å². The van der Waals surface area contributed by atoms with Crippen LogP contribution in [-0.4, -0.2) is 65.8 Å². The molecule has 2 saturated heterocycles. The zero-order valence-corrected chi connectivity index (χ0v) is 14.3. The van der Waals surface area contributed by atoms with Crippen LogP contribution in [0.1, 0.15) is 52.4 Å². The Morgan fingerprint density at radius 3 is 2.82 bits per heavy atom. The van der Waals surface area contributed by atoms with Gasteiger partial charge < -0.3 is 15.3 Å². The predicted molar refractivity (Wildman–Crippen MR) is 88.9 cm³/mol. The zero-order valence-electron chi connectivity index (χ0n) is 14.3. The van der Waals surface area contributed by atoms with E-state index in [0.29, 0.717) is 12.6 Å². The first kappa shape index (κ1) is 17.5. The van der Waals surface area contributed by atoms with Crippen LogP contribution in [0.25, 0.3) is 0 Å². The summed E-state index contributed by atoms with van der Waals surface area (Å²) in [6.07, 6.45) is 6.82. The summed E-state index contributed by atoms with van der Waals surface area (Å²) in [7, 11) is 0. The van der Waals surface area contributed by atoms with Crippen molar-refractivity contribution in [2.24, 2.45) is 5.92 Å². The van der Waals surface area contributed by atoms with Gasteiger partial charge in [0.25, 0.3) is 0 Å². The van der Waals surface area contributed by atoms with Crippen molar-refractivity contribution >= 4 is 6.03 Å². The van der Waals surface area contributed by atoms with Crippen molar-refractivity contribution < 1.29 is 9.90 Å². The van der Waals surface area contributed by atoms with Gasteiger partial charge in [0, 0.05) is 38.1 Å². The van der Waals surface area contributed by atoms with E-state index in [2.05, 4.69) is 17.1 Å². The van der Waals surface area contributed by atoms with Crippen LogP contribution in [0.5, 0.6) is 0 Å². The number of amides is 2. The summed E-state index contributed by atoms with van der Waals surface area (Å²) < 4.78 is 0. The van der Waals surface area contributed by atoms with E-state index in [4.69, 9.17) is 0 Å². The second-order valence-electron chi connectivity index (χ2n) is 6.91. The second kappa shape index (κ2) is 8.73. The van der Waals surface area contributed by atoms with Gasteiger partial charge in [0.15, 0.2) is 0 Å². The number of nitrogens with one attached hydrogen (secondary N) is 1. The number of aliphatic hydroxyl groups is 1. The molecule has 3 atom stereocenters. The highest BCUT2D eigenvalue weighted by atomic mass is 16.3. The van der Waals surface area contributed by atoms with Gasteiger partial charge in [0.1, 0.15) is 0 Å². The minimum atomic E-state index is -0.325. The van der Waals surface area contributed by atoms with Gasteiger partial charge in [-0.25, -0.2) is 4.79 Å². The Labute approximate surface area is 135 Å². The van der Waals surface area contributed by atoms with Crippen LogP contribution in [0.15, 0.2) is 0 Å². The fraction of sp³-hybridized carbons (Fsp3) is 0.941. The number of carbonyl (C=O) groups is 1. The molecular weight excluding hydrogens is 278 g/mol. The molecule has 2 amide bonds. The van der Waals surface area contributed by atoms with Crippen molar-refractivity contribution in [2.45, 2.75) is 64.5 Å². The molecule has 5 nitrogen and oxygen atoms in total. The van der Waals surface area contributed by atoms with E-state index < -0.39 is 0 Å². The summed E-state index contributed by atoms with van der Waals surface area (Å²) in [4.78, 5) is 16.7. The SMILES string of the molecule is CCC1CCCCN1CCNC(=O)N1CCCC(C(C)O)C1. The molecule has 2 heterocycles. The standard InChI is InChI=1S/C17H33N3O2/c1-3-16-8-4-5-10-19(16)12-9-18-17(22)20-11-6-7-15(13-20)14(2)21/h14-16,21H,3-13H2,1-2H3,(H,18,22). The number of piperidine rings is 2. The highest BCUT2D eigenvalue weighted by molar-refractivity contribution is 5.74. The van der Waals surface area contributed by atoms with E-state index in [9.17, 15) is 9.90 Å². The molecule has 2 rings (SSSR count). The Balaban J connectivity index is 1.70. The van der Waals surface area contributed by atoms with E-state index in [0.717, 1.165) is 32.5 Å². The second-order valence-corrected chi connectivity index (χ2v) is 6.91. The predicted octanol–water partition coefficient (Wildman–Crippen LogP) is 2.05. The maximum Gasteiger partial charge on any atom is 0.317 e. The third kappa shape index (κ3) is 4.85. The molecular formula is C17H33N3O2. The molecule has 22 heavy (non-hydrogen) atoms. The van der Waals surface area contributed by atoms with Crippen molar-refractivity contribution in [2.75, 3.05) is 32.7 Å². The first-order chi connectivity index (χ1) is 10.6.